The lowest BCUT2D eigenvalue weighted by molar-refractivity contribution is 0.103. The summed E-state index contributed by atoms with van der Waals surface area (Å²) in [6.07, 6.45) is 1.55. The van der Waals surface area contributed by atoms with Crippen molar-refractivity contribution in [1.29, 1.82) is 0 Å². The number of benzene rings is 1. The van der Waals surface area contributed by atoms with Gasteiger partial charge in [0.25, 0.3) is 0 Å². The van der Waals surface area contributed by atoms with E-state index in [0.29, 0.717) is 18.0 Å². The Morgan fingerprint density at radius 3 is 2.88 bits per heavy atom. The Bertz CT molecular complexity index is 422. The highest BCUT2D eigenvalue weighted by Gasteiger charge is 2.25. The van der Waals surface area contributed by atoms with E-state index in [0.717, 1.165) is 29.4 Å². The number of rotatable bonds is 2. The maximum atomic E-state index is 10.7. The van der Waals surface area contributed by atoms with Gasteiger partial charge >= 0.3 is 0 Å². The fraction of sp³-hybridized carbons (Fsp3) is 0.462. The van der Waals surface area contributed by atoms with Crippen molar-refractivity contribution in [3.05, 3.63) is 28.2 Å². The van der Waals surface area contributed by atoms with Gasteiger partial charge in [-0.1, -0.05) is 6.92 Å². The molecule has 1 heterocycles. The zero-order chi connectivity index (χ0) is 12.4. The van der Waals surface area contributed by atoms with Crippen molar-refractivity contribution < 1.29 is 9.90 Å². The lowest BCUT2D eigenvalue weighted by Gasteiger charge is -2.36. The first kappa shape index (κ1) is 12.6. The first-order valence-corrected chi connectivity index (χ1v) is 6.59. The van der Waals surface area contributed by atoms with Crippen LogP contribution in [-0.4, -0.2) is 30.6 Å². The van der Waals surface area contributed by atoms with Crippen LogP contribution < -0.4 is 4.90 Å². The van der Waals surface area contributed by atoms with E-state index in [2.05, 4.69) is 27.8 Å². The van der Waals surface area contributed by atoms with Crippen LogP contribution in [0.25, 0.3) is 0 Å². The van der Waals surface area contributed by atoms with Gasteiger partial charge in [0, 0.05) is 23.1 Å². The number of aldehydes is 1. The zero-order valence-corrected chi connectivity index (χ0v) is 11.4. The molecule has 92 valence electrons. The van der Waals surface area contributed by atoms with Gasteiger partial charge in [0.15, 0.2) is 0 Å². The zero-order valence-electron chi connectivity index (χ0n) is 9.77. The van der Waals surface area contributed by atoms with Gasteiger partial charge in [-0.2, -0.15) is 0 Å². The predicted molar refractivity (Wildman–Crippen MR) is 71.5 cm³/mol. The molecule has 0 radical (unpaired) electrons. The lowest BCUT2D eigenvalue weighted by atomic mass is 9.95. The monoisotopic (exact) mass is 297 g/mol. The van der Waals surface area contributed by atoms with Gasteiger partial charge in [-0.25, -0.2) is 0 Å². The summed E-state index contributed by atoms with van der Waals surface area (Å²) in [6.45, 7) is 3.67. The van der Waals surface area contributed by atoms with Crippen LogP contribution in [0, 0.1) is 5.92 Å². The Morgan fingerprint density at radius 1 is 1.53 bits per heavy atom. The van der Waals surface area contributed by atoms with Crippen LogP contribution in [0.4, 0.5) is 5.69 Å². The number of piperidine rings is 1. The fourth-order valence-electron chi connectivity index (χ4n) is 2.12. The lowest BCUT2D eigenvalue weighted by Crippen LogP contribution is -2.43. The molecule has 0 amide bonds. The van der Waals surface area contributed by atoms with Crippen molar-refractivity contribution in [1.82, 2.24) is 0 Å². The SMILES string of the molecule is CC1CCN(c2ccc(C=O)cc2Br)CC1O. The molecule has 1 aromatic carbocycles. The summed E-state index contributed by atoms with van der Waals surface area (Å²) in [7, 11) is 0. The van der Waals surface area contributed by atoms with Gasteiger partial charge in [-0.15, -0.1) is 0 Å². The van der Waals surface area contributed by atoms with Crippen LogP contribution in [-0.2, 0) is 0 Å². The van der Waals surface area contributed by atoms with Crippen LogP contribution in [0.3, 0.4) is 0 Å². The Balaban J connectivity index is 2.20. The molecule has 2 unspecified atom stereocenters. The number of nitrogens with zero attached hydrogens (tertiary/aromatic N) is 1. The molecule has 1 aliphatic heterocycles. The minimum absolute atomic E-state index is 0.276. The van der Waals surface area contributed by atoms with E-state index < -0.39 is 0 Å². The molecule has 1 fully saturated rings. The first-order valence-electron chi connectivity index (χ1n) is 5.79. The third kappa shape index (κ3) is 2.69. The first-order chi connectivity index (χ1) is 8.11. The van der Waals surface area contributed by atoms with E-state index >= 15 is 0 Å². The molecule has 2 rings (SSSR count). The molecule has 0 aromatic heterocycles. The molecule has 1 saturated heterocycles. The molecule has 2 atom stereocenters. The maximum Gasteiger partial charge on any atom is 0.150 e. The van der Waals surface area contributed by atoms with Crippen LogP contribution in [0.1, 0.15) is 23.7 Å². The Labute approximate surface area is 110 Å². The van der Waals surface area contributed by atoms with Crippen molar-refractivity contribution >= 4 is 27.9 Å². The molecular weight excluding hydrogens is 282 g/mol. The van der Waals surface area contributed by atoms with Gasteiger partial charge in [0.2, 0.25) is 0 Å². The van der Waals surface area contributed by atoms with E-state index in [9.17, 15) is 9.90 Å². The van der Waals surface area contributed by atoms with Crippen LogP contribution in [0.2, 0.25) is 0 Å². The average Bonchev–Trinajstić information content (AvgIpc) is 2.32. The summed E-state index contributed by atoms with van der Waals surface area (Å²) < 4.78 is 0.906. The summed E-state index contributed by atoms with van der Waals surface area (Å²) in [6, 6.07) is 5.54. The number of aliphatic hydroxyl groups is 1. The Kier molecular flexibility index (Phi) is 3.84. The second kappa shape index (κ2) is 5.19. The number of carbonyl (C=O) groups excluding carboxylic acids is 1. The second-order valence-electron chi connectivity index (χ2n) is 4.61. The van der Waals surface area contributed by atoms with Gasteiger partial charge in [0.05, 0.1) is 11.8 Å². The normalized spacial score (nSPS) is 24.8. The highest BCUT2D eigenvalue weighted by molar-refractivity contribution is 9.10. The molecule has 17 heavy (non-hydrogen) atoms. The summed E-state index contributed by atoms with van der Waals surface area (Å²) in [5.41, 5.74) is 1.70. The smallest absolute Gasteiger partial charge is 0.150 e. The summed E-state index contributed by atoms with van der Waals surface area (Å²) in [5, 5.41) is 9.89. The number of hydrogen-bond acceptors (Lipinski definition) is 3. The number of carbonyl (C=O) groups is 1. The number of aliphatic hydroxyl groups excluding tert-OH is 1. The maximum absolute atomic E-state index is 10.7. The molecule has 1 aliphatic rings. The van der Waals surface area contributed by atoms with Crippen molar-refractivity contribution in [2.75, 3.05) is 18.0 Å². The topological polar surface area (TPSA) is 40.5 Å². The molecule has 3 nitrogen and oxygen atoms in total. The molecule has 0 spiro atoms. The predicted octanol–water partition coefficient (Wildman–Crippen LogP) is 2.47. The standard InChI is InChI=1S/C13H16BrNO2/c1-9-4-5-15(7-13(9)17)12-3-2-10(8-16)6-11(12)14/h2-3,6,8-9,13,17H,4-5,7H2,1H3. The van der Waals surface area contributed by atoms with Crippen LogP contribution in [0.15, 0.2) is 22.7 Å². The van der Waals surface area contributed by atoms with E-state index in [-0.39, 0.29) is 6.10 Å². The number of hydrogen-bond donors (Lipinski definition) is 1. The summed E-state index contributed by atoms with van der Waals surface area (Å²) in [5.74, 6) is 0.360. The molecule has 1 N–H and O–H groups in total. The summed E-state index contributed by atoms with van der Waals surface area (Å²) in [4.78, 5) is 12.8. The van der Waals surface area contributed by atoms with E-state index in [1.165, 1.54) is 0 Å². The third-order valence-corrected chi connectivity index (χ3v) is 4.00. The van der Waals surface area contributed by atoms with Crippen molar-refractivity contribution in [2.45, 2.75) is 19.4 Å². The average molecular weight is 298 g/mol. The van der Waals surface area contributed by atoms with Gasteiger partial charge < -0.3 is 10.0 Å². The van der Waals surface area contributed by atoms with Gasteiger partial charge in [-0.3, -0.25) is 4.79 Å². The highest BCUT2D eigenvalue weighted by Crippen LogP contribution is 2.30. The largest absolute Gasteiger partial charge is 0.391 e. The van der Waals surface area contributed by atoms with Crippen molar-refractivity contribution in [3.8, 4) is 0 Å². The molecule has 1 aromatic rings. The van der Waals surface area contributed by atoms with Gasteiger partial charge in [0.1, 0.15) is 6.29 Å². The molecule has 0 aliphatic carbocycles. The van der Waals surface area contributed by atoms with Gasteiger partial charge in [-0.05, 0) is 46.5 Å². The second-order valence-corrected chi connectivity index (χ2v) is 5.46. The van der Waals surface area contributed by atoms with Crippen molar-refractivity contribution in [3.63, 3.8) is 0 Å². The molecule has 4 heteroatoms. The molecule has 0 bridgehead atoms. The molecule has 0 saturated carbocycles. The minimum atomic E-state index is -0.276. The number of β-amino-alcohol motifs (C(OH)–C–C–N with tert-alkyl or cyclic N) is 1. The van der Waals surface area contributed by atoms with Crippen LogP contribution >= 0.6 is 15.9 Å². The van der Waals surface area contributed by atoms with Crippen molar-refractivity contribution in [2.24, 2.45) is 5.92 Å². The fourth-order valence-corrected chi connectivity index (χ4v) is 2.77. The van der Waals surface area contributed by atoms with Crippen LogP contribution in [0.5, 0.6) is 0 Å². The minimum Gasteiger partial charge on any atom is -0.391 e. The highest BCUT2D eigenvalue weighted by atomic mass is 79.9. The summed E-state index contributed by atoms with van der Waals surface area (Å²) >= 11 is 3.48. The van der Waals surface area contributed by atoms with E-state index in [4.69, 9.17) is 0 Å². The Morgan fingerprint density at radius 2 is 2.29 bits per heavy atom. The number of anilines is 1. The third-order valence-electron chi connectivity index (χ3n) is 3.37. The molecular formula is C13H16BrNO2. The quantitative estimate of drug-likeness (QED) is 0.853. The Hall–Kier alpha value is -0.870. The van der Waals surface area contributed by atoms with E-state index in [1.54, 1.807) is 6.07 Å². The number of halogens is 1. The van der Waals surface area contributed by atoms with E-state index in [1.807, 2.05) is 12.1 Å².